The van der Waals surface area contributed by atoms with Crippen molar-refractivity contribution in [2.45, 2.75) is 25.3 Å². The highest BCUT2D eigenvalue weighted by atomic mass is 15.2. The minimum atomic E-state index is 0.497. The smallest absolute Gasteiger partial charge is 0.0478 e. The number of hydrogen-bond acceptors (Lipinski definition) is 2. The molecule has 0 amide bonds. The normalized spacial score (nSPS) is 43.5. The molecule has 4 heterocycles. The Morgan fingerprint density at radius 2 is 2.29 bits per heavy atom. The fourth-order valence-corrected chi connectivity index (χ4v) is 4.63. The van der Waals surface area contributed by atoms with Gasteiger partial charge in [0.1, 0.15) is 0 Å². The Kier molecular flexibility index (Phi) is 3.42. The molecular formula is C19H24N2. The molecule has 21 heavy (non-hydrogen) atoms. The van der Waals surface area contributed by atoms with E-state index in [1.165, 1.54) is 38.1 Å². The Morgan fingerprint density at radius 3 is 3.10 bits per heavy atom. The first-order valence-corrected chi connectivity index (χ1v) is 8.31. The van der Waals surface area contributed by atoms with Crippen LogP contribution in [0.2, 0.25) is 0 Å². The van der Waals surface area contributed by atoms with Crippen molar-refractivity contribution in [2.75, 3.05) is 13.1 Å². The van der Waals surface area contributed by atoms with Crippen LogP contribution in [-0.2, 0) is 0 Å². The van der Waals surface area contributed by atoms with E-state index in [4.69, 9.17) is 0 Å². The number of nitrogens with zero attached hydrogens (tertiary/aromatic N) is 2. The van der Waals surface area contributed by atoms with E-state index in [0.717, 1.165) is 17.9 Å². The zero-order valence-corrected chi connectivity index (χ0v) is 12.6. The third-order valence-electron chi connectivity index (χ3n) is 5.83. The number of fused-ring (bicyclic) bond motifs is 4. The molecule has 0 spiro atoms. The topological polar surface area (TPSA) is 15.6 Å². The molecule has 6 unspecified atom stereocenters. The summed E-state index contributed by atoms with van der Waals surface area (Å²) in [7, 11) is 0. The SMILES string of the molecule is C=CC1CN2CCC1CC2CC1C=CN=C2C=CC=CC21. The summed E-state index contributed by atoms with van der Waals surface area (Å²) in [6.07, 6.45) is 19.3. The van der Waals surface area contributed by atoms with E-state index in [1.807, 2.05) is 6.20 Å². The number of piperidine rings is 3. The van der Waals surface area contributed by atoms with Gasteiger partial charge in [-0.15, -0.1) is 6.58 Å². The van der Waals surface area contributed by atoms with E-state index in [1.54, 1.807) is 0 Å². The molecule has 0 radical (unpaired) electrons. The average molecular weight is 280 g/mol. The molecule has 2 heteroatoms. The predicted octanol–water partition coefficient (Wildman–Crippen LogP) is 3.60. The van der Waals surface area contributed by atoms with Crippen LogP contribution in [0, 0.1) is 23.7 Å². The summed E-state index contributed by atoms with van der Waals surface area (Å²) in [6, 6.07) is 0.758. The zero-order chi connectivity index (χ0) is 14.2. The second kappa shape index (κ2) is 5.42. The van der Waals surface area contributed by atoms with Gasteiger partial charge in [0.25, 0.3) is 0 Å². The van der Waals surface area contributed by atoms with Crippen molar-refractivity contribution in [3.05, 3.63) is 49.2 Å². The van der Waals surface area contributed by atoms with Gasteiger partial charge in [-0.05, 0) is 49.6 Å². The highest BCUT2D eigenvalue weighted by molar-refractivity contribution is 6.00. The van der Waals surface area contributed by atoms with Crippen molar-refractivity contribution >= 4 is 5.71 Å². The fourth-order valence-electron chi connectivity index (χ4n) is 4.63. The highest BCUT2D eigenvalue weighted by Gasteiger charge is 2.40. The quantitative estimate of drug-likeness (QED) is 0.721. The molecule has 5 aliphatic rings. The number of hydrogen-bond donors (Lipinski definition) is 0. The van der Waals surface area contributed by atoms with Crippen LogP contribution in [0.3, 0.4) is 0 Å². The zero-order valence-electron chi connectivity index (χ0n) is 12.6. The van der Waals surface area contributed by atoms with Gasteiger partial charge < -0.3 is 0 Å². The minimum absolute atomic E-state index is 0.497. The van der Waals surface area contributed by atoms with Gasteiger partial charge in [0.2, 0.25) is 0 Å². The maximum absolute atomic E-state index is 4.54. The van der Waals surface area contributed by atoms with Crippen molar-refractivity contribution in [1.29, 1.82) is 0 Å². The average Bonchev–Trinajstić information content (AvgIpc) is 2.56. The van der Waals surface area contributed by atoms with Crippen molar-refractivity contribution in [3.63, 3.8) is 0 Å². The molecule has 0 aromatic heterocycles. The summed E-state index contributed by atoms with van der Waals surface area (Å²) in [5, 5.41) is 0. The molecule has 5 rings (SSSR count). The van der Waals surface area contributed by atoms with Crippen molar-refractivity contribution in [2.24, 2.45) is 28.7 Å². The molecule has 0 N–H and O–H groups in total. The second-order valence-electron chi connectivity index (χ2n) is 6.90. The molecule has 6 atom stereocenters. The number of rotatable bonds is 3. The summed E-state index contributed by atoms with van der Waals surface area (Å²) in [5.74, 6) is 2.72. The van der Waals surface area contributed by atoms with E-state index < -0.39 is 0 Å². The van der Waals surface area contributed by atoms with E-state index in [9.17, 15) is 0 Å². The van der Waals surface area contributed by atoms with E-state index in [-0.39, 0.29) is 0 Å². The molecule has 110 valence electrons. The van der Waals surface area contributed by atoms with Crippen molar-refractivity contribution < 1.29 is 0 Å². The molecule has 0 aromatic carbocycles. The number of allylic oxidation sites excluding steroid dienone is 5. The predicted molar refractivity (Wildman–Crippen MR) is 88.2 cm³/mol. The molecule has 0 saturated carbocycles. The molecule has 3 saturated heterocycles. The Labute approximate surface area is 127 Å². The van der Waals surface area contributed by atoms with Gasteiger partial charge in [-0.3, -0.25) is 9.89 Å². The third kappa shape index (κ3) is 2.36. The highest BCUT2D eigenvalue weighted by Crippen LogP contribution is 2.40. The van der Waals surface area contributed by atoms with Gasteiger partial charge in [0.05, 0.1) is 0 Å². The van der Waals surface area contributed by atoms with Gasteiger partial charge in [0.15, 0.2) is 0 Å². The fraction of sp³-hybridized carbons (Fsp3) is 0.526. The number of aliphatic imine (C=N–C) groups is 1. The Balaban J connectivity index is 1.46. The summed E-state index contributed by atoms with van der Waals surface area (Å²) < 4.78 is 0. The minimum Gasteiger partial charge on any atom is -0.300 e. The maximum Gasteiger partial charge on any atom is 0.0478 e. The van der Waals surface area contributed by atoms with Gasteiger partial charge in [0, 0.05) is 30.4 Å². The molecule has 4 aliphatic heterocycles. The van der Waals surface area contributed by atoms with Crippen LogP contribution >= 0.6 is 0 Å². The first-order valence-electron chi connectivity index (χ1n) is 8.31. The largest absolute Gasteiger partial charge is 0.300 e. The van der Waals surface area contributed by atoms with Crippen LogP contribution in [0.25, 0.3) is 0 Å². The van der Waals surface area contributed by atoms with Crippen LogP contribution in [0.4, 0.5) is 0 Å². The Hall–Kier alpha value is -1.41. The van der Waals surface area contributed by atoms with Crippen LogP contribution in [-0.4, -0.2) is 29.7 Å². The molecule has 2 bridgehead atoms. The lowest BCUT2D eigenvalue weighted by molar-refractivity contribution is 0.00987. The Morgan fingerprint density at radius 1 is 1.33 bits per heavy atom. The Bertz CT molecular complexity index is 540. The first-order chi connectivity index (χ1) is 10.3. The monoisotopic (exact) mass is 280 g/mol. The lowest BCUT2D eigenvalue weighted by Crippen LogP contribution is -2.53. The molecule has 2 nitrogen and oxygen atoms in total. The first kappa shape index (κ1) is 13.3. The van der Waals surface area contributed by atoms with Crippen molar-refractivity contribution in [1.82, 2.24) is 4.90 Å². The van der Waals surface area contributed by atoms with Crippen LogP contribution in [0.1, 0.15) is 19.3 Å². The van der Waals surface area contributed by atoms with Crippen LogP contribution in [0.15, 0.2) is 54.2 Å². The standard InChI is InChI=1S/C19H24N2/c1-2-14-13-21-10-8-15(14)11-17(21)12-16-7-9-20-19-6-4-3-5-18(16)19/h2-7,9,14-18H,1,8,10-13H2. The summed E-state index contributed by atoms with van der Waals surface area (Å²) in [6.45, 7) is 6.55. The summed E-state index contributed by atoms with van der Waals surface area (Å²) in [4.78, 5) is 7.26. The van der Waals surface area contributed by atoms with Gasteiger partial charge >= 0.3 is 0 Å². The maximum atomic E-state index is 4.54. The lowest BCUT2D eigenvalue weighted by Gasteiger charge is -2.50. The van der Waals surface area contributed by atoms with Gasteiger partial charge in [-0.1, -0.05) is 30.4 Å². The third-order valence-corrected chi connectivity index (χ3v) is 5.83. The van der Waals surface area contributed by atoms with E-state index in [0.29, 0.717) is 11.8 Å². The second-order valence-corrected chi connectivity index (χ2v) is 6.90. The van der Waals surface area contributed by atoms with Gasteiger partial charge in [-0.25, -0.2) is 0 Å². The molecule has 0 aromatic rings. The molecule has 1 aliphatic carbocycles. The summed E-state index contributed by atoms with van der Waals surface area (Å²) in [5.41, 5.74) is 1.24. The van der Waals surface area contributed by atoms with Crippen LogP contribution in [0.5, 0.6) is 0 Å². The summed E-state index contributed by atoms with van der Waals surface area (Å²) >= 11 is 0. The lowest BCUT2D eigenvalue weighted by atomic mass is 9.71. The van der Waals surface area contributed by atoms with Gasteiger partial charge in [-0.2, -0.15) is 0 Å². The van der Waals surface area contributed by atoms with Crippen molar-refractivity contribution in [3.8, 4) is 0 Å². The van der Waals surface area contributed by atoms with Crippen LogP contribution < -0.4 is 0 Å². The molecule has 3 fully saturated rings. The molecular weight excluding hydrogens is 256 g/mol. The van der Waals surface area contributed by atoms with E-state index >= 15 is 0 Å². The van der Waals surface area contributed by atoms with E-state index in [2.05, 4.69) is 52.9 Å².